The standard InChI is InChI=1S/C6H6O.C6H8S.C3H8/c7-6-4-2-1-3-5-6;1-2-6-3-4-7-5-6;1-3-2/h1-5,7H;3-5H,2H2,1H3;3H2,1-2H3. The van der Waals surface area contributed by atoms with Crippen LogP contribution in [0.1, 0.15) is 32.8 Å². The Bertz CT molecular complexity index is 340. The van der Waals surface area contributed by atoms with Crippen LogP contribution in [0.2, 0.25) is 0 Å². The van der Waals surface area contributed by atoms with Crippen molar-refractivity contribution < 1.29 is 5.11 Å². The highest BCUT2D eigenvalue weighted by atomic mass is 32.1. The summed E-state index contributed by atoms with van der Waals surface area (Å²) >= 11 is 1.76. The van der Waals surface area contributed by atoms with E-state index < -0.39 is 0 Å². The van der Waals surface area contributed by atoms with Crippen molar-refractivity contribution in [2.24, 2.45) is 0 Å². The summed E-state index contributed by atoms with van der Waals surface area (Å²) in [6, 6.07) is 10.9. The summed E-state index contributed by atoms with van der Waals surface area (Å²) in [5.41, 5.74) is 1.45. The number of hydrogen-bond acceptors (Lipinski definition) is 2. The molecule has 1 aromatic heterocycles. The number of benzene rings is 1. The summed E-state index contributed by atoms with van der Waals surface area (Å²) in [4.78, 5) is 0. The molecule has 0 fully saturated rings. The van der Waals surface area contributed by atoms with E-state index in [2.05, 4.69) is 37.6 Å². The van der Waals surface area contributed by atoms with Crippen LogP contribution in [0.4, 0.5) is 0 Å². The van der Waals surface area contributed by atoms with Crippen LogP contribution >= 0.6 is 11.3 Å². The molecule has 1 heterocycles. The van der Waals surface area contributed by atoms with E-state index in [-0.39, 0.29) is 0 Å². The lowest BCUT2D eigenvalue weighted by Crippen LogP contribution is -1.66. The van der Waals surface area contributed by atoms with Crippen molar-refractivity contribution in [2.75, 3.05) is 0 Å². The molecule has 0 aliphatic heterocycles. The molecule has 0 saturated carbocycles. The van der Waals surface area contributed by atoms with Gasteiger partial charge in [-0.3, -0.25) is 0 Å². The summed E-state index contributed by atoms with van der Waals surface area (Å²) < 4.78 is 0. The highest BCUT2D eigenvalue weighted by Gasteiger charge is 1.82. The molecule has 1 N–H and O–H groups in total. The number of aryl methyl sites for hydroxylation is 1. The van der Waals surface area contributed by atoms with Crippen molar-refractivity contribution in [2.45, 2.75) is 33.6 Å². The molecule has 0 radical (unpaired) electrons. The van der Waals surface area contributed by atoms with Crippen LogP contribution in [-0.4, -0.2) is 5.11 Å². The molecule has 0 bridgehead atoms. The van der Waals surface area contributed by atoms with Gasteiger partial charge in [-0.15, -0.1) is 0 Å². The van der Waals surface area contributed by atoms with Crippen LogP contribution in [0.25, 0.3) is 0 Å². The smallest absolute Gasteiger partial charge is 0.115 e. The SMILES string of the molecule is CCC.CCc1ccsc1.Oc1ccccc1. The Morgan fingerprint density at radius 3 is 1.82 bits per heavy atom. The molecular weight excluding hydrogens is 228 g/mol. The minimum Gasteiger partial charge on any atom is -0.508 e. The molecule has 0 saturated heterocycles. The fourth-order valence-electron chi connectivity index (χ4n) is 0.922. The Kier molecular flexibility index (Phi) is 10.4. The van der Waals surface area contributed by atoms with E-state index in [4.69, 9.17) is 5.11 Å². The Hall–Kier alpha value is -1.28. The van der Waals surface area contributed by atoms with Gasteiger partial charge in [-0.1, -0.05) is 45.4 Å². The first kappa shape index (κ1) is 15.7. The minimum absolute atomic E-state index is 0.322. The summed E-state index contributed by atoms with van der Waals surface area (Å²) in [6.45, 7) is 6.42. The van der Waals surface area contributed by atoms with Crippen molar-refractivity contribution in [1.82, 2.24) is 0 Å². The van der Waals surface area contributed by atoms with E-state index in [1.54, 1.807) is 35.6 Å². The third kappa shape index (κ3) is 9.64. The normalized spacial score (nSPS) is 8.41. The van der Waals surface area contributed by atoms with Crippen molar-refractivity contribution in [3.63, 3.8) is 0 Å². The van der Waals surface area contributed by atoms with Gasteiger partial charge in [-0.2, -0.15) is 11.3 Å². The first-order chi connectivity index (χ1) is 8.24. The van der Waals surface area contributed by atoms with Gasteiger partial charge in [0.05, 0.1) is 0 Å². The Morgan fingerprint density at radius 2 is 1.59 bits per heavy atom. The zero-order valence-electron chi connectivity index (χ0n) is 10.9. The molecule has 0 unspecified atom stereocenters. The maximum Gasteiger partial charge on any atom is 0.115 e. The molecule has 2 aromatic rings. The van der Waals surface area contributed by atoms with Gasteiger partial charge in [-0.05, 0) is 40.9 Å². The molecule has 1 aromatic carbocycles. The predicted octanol–water partition coefficient (Wildman–Crippen LogP) is 5.12. The van der Waals surface area contributed by atoms with Crippen LogP contribution in [0.15, 0.2) is 47.2 Å². The fraction of sp³-hybridized carbons (Fsp3) is 0.333. The van der Waals surface area contributed by atoms with Gasteiger partial charge in [0.25, 0.3) is 0 Å². The molecule has 0 aliphatic carbocycles. The molecule has 17 heavy (non-hydrogen) atoms. The van der Waals surface area contributed by atoms with Gasteiger partial charge < -0.3 is 5.11 Å². The van der Waals surface area contributed by atoms with Gasteiger partial charge in [0.1, 0.15) is 5.75 Å². The van der Waals surface area contributed by atoms with Gasteiger partial charge >= 0.3 is 0 Å². The Morgan fingerprint density at radius 1 is 1.00 bits per heavy atom. The zero-order valence-corrected chi connectivity index (χ0v) is 11.7. The maximum atomic E-state index is 8.63. The maximum absolute atomic E-state index is 8.63. The number of phenols is 1. The van der Waals surface area contributed by atoms with E-state index >= 15 is 0 Å². The largest absolute Gasteiger partial charge is 0.508 e. The molecule has 0 spiro atoms. The number of rotatable bonds is 1. The number of thiophene rings is 1. The van der Waals surface area contributed by atoms with Crippen LogP contribution in [0, 0.1) is 0 Å². The van der Waals surface area contributed by atoms with Crippen LogP contribution in [0.5, 0.6) is 5.75 Å². The van der Waals surface area contributed by atoms with E-state index in [1.807, 2.05) is 6.07 Å². The van der Waals surface area contributed by atoms with Crippen molar-refractivity contribution in [3.05, 3.63) is 52.7 Å². The van der Waals surface area contributed by atoms with Crippen molar-refractivity contribution in [1.29, 1.82) is 0 Å². The summed E-state index contributed by atoms with van der Waals surface area (Å²) in [5.74, 6) is 0.322. The van der Waals surface area contributed by atoms with E-state index in [1.165, 1.54) is 18.4 Å². The first-order valence-electron chi connectivity index (χ1n) is 5.99. The third-order valence-corrected chi connectivity index (χ3v) is 2.48. The third-order valence-electron chi connectivity index (χ3n) is 1.74. The molecule has 0 aliphatic rings. The van der Waals surface area contributed by atoms with E-state index in [0.717, 1.165) is 0 Å². The second-order valence-electron chi connectivity index (χ2n) is 3.53. The number of para-hydroxylation sites is 1. The van der Waals surface area contributed by atoms with Crippen LogP contribution in [-0.2, 0) is 6.42 Å². The fourth-order valence-corrected chi connectivity index (χ4v) is 1.67. The minimum atomic E-state index is 0.322. The predicted molar refractivity (Wildman–Crippen MR) is 77.8 cm³/mol. The summed E-state index contributed by atoms with van der Waals surface area (Å²) in [5, 5.41) is 12.9. The molecule has 2 rings (SSSR count). The van der Waals surface area contributed by atoms with E-state index in [9.17, 15) is 0 Å². The molecule has 2 heteroatoms. The summed E-state index contributed by atoms with van der Waals surface area (Å²) in [7, 11) is 0. The van der Waals surface area contributed by atoms with Crippen molar-refractivity contribution in [3.8, 4) is 5.75 Å². The molecule has 0 amide bonds. The Labute approximate surface area is 109 Å². The lowest BCUT2D eigenvalue weighted by molar-refractivity contribution is 0.475. The molecule has 1 nitrogen and oxygen atoms in total. The quantitative estimate of drug-likeness (QED) is 0.745. The Balaban J connectivity index is 0.000000247. The lowest BCUT2D eigenvalue weighted by Gasteiger charge is -1.82. The second kappa shape index (κ2) is 11.2. The molecule has 0 atom stereocenters. The first-order valence-corrected chi connectivity index (χ1v) is 6.93. The van der Waals surface area contributed by atoms with Gasteiger partial charge in [0.2, 0.25) is 0 Å². The lowest BCUT2D eigenvalue weighted by atomic mass is 10.3. The average Bonchev–Trinajstić information content (AvgIpc) is 2.85. The zero-order chi connectivity index (χ0) is 12.9. The van der Waals surface area contributed by atoms with Crippen LogP contribution < -0.4 is 0 Å². The monoisotopic (exact) mass is 250 g/mol. The van der Waals surface area contributed by atoms with Gasteiger partial charge in [0, 0.05) is 0 Å². The average molecular weight is 250 g/mol. The number of hydrogen-bond donors (Lipinski definition) is 1. The van der Waals surface area contributed by atoms with Gasteiger partial charge in [-0.25, -0.2) is 0 Å². The highest BCUT2D eigenvalue weighted by molar-refractivity contribution is 7.07. The van der Waals surface area contributed by atoms with E-state index in [0.29, 0.717) is 5.75 Å². The molecular formula is C15H22OS. The number of phenolic OH excluding ortho intramolecular Hbond substituents is 1. The summed E-state index contributed by atoms with van der Waals surface area (Å²) in [6.07, 6.45) is 2.42. The number of aromatic hydroxyl groups is 1. The van der Waals surface area contributed by atoms with Crippen molar-refractivity contribution >= 4 is 11.3 Å². The van der Waals surface area contributed by atoms with Crippen LogP contribution in [0.3, 0.4) is 0 Å². The highest BCUT2D eigenvalue weighted by Crippen LogP contribution is 2.04. The van der Waals surface area contributed by atoms with Gasteiger partial charge in [0.15, 0.2) is 0 Å². The topological polar surface area (TPSA) is 20.2 Å². The second-order valence-corrected chi connectivity index (χ2v) is 4.31. The molecule has 94 valence electrons.